The summed E-state index contributed by atoms with van der Waals surface area (Å²) in [6.07, 6.45) is 0. The standard InChI is InChI=1S/C11H23N3O/c1-9(2)11(15)14-6-4-13(5-7-14)10(3)8-12/h9-10H,4-8,12H2,1-3H3. The molecule has 2 N–H and O–H groups in total. The molecule has 1 amide bonds. The van der Waals surface area contributed by atoms with E-state index in [1.54, 1.807) is 0 Å². The molecule has 1 fully saturated rings. The SMILES string of the molecule is CC(C)C(=O)N1CCN(C(C)CN)CC1. The first-order valence-electron chi connectivity index (χ1n) is 5.79. The summed E-state index contributed by atoms with van der Waals surface area (Å²) in [6, 6.07) is 0.432. The lowest BCUT2D eigenvalue weighted by Gasteiger charge is -2.38. The molecule has 4 heteroatoms. The van der Waals surface area contributed by atoms with Crippen LogP contribution in [0, 0.1) is 5.92 Å². The molecule has 0 bridgehead atoms. The van der Waals surface area contributed by atoms with Crippen molar-refractivity contribution in [1.82, 2.24) is 9.80 Å². The Balaban J connectivity index is 2.39. The second kappa shape index (κ2) is 5.47. The highest BCUT2D eigenvalue weighted by Gasteiger charge is 2.24. The lowest BCUT2D eigenvalue weighted by molar-refractivity contribution is -0.136. The van der Waals surface area contributed by atoms with E-state index < -0.39 is 0 Å². The minimum absolute atomic E-state index is 0.114. The summed E-state index contributed by atoms with van der Waals surface area (Å²) in [7, 11) is 0. The van der Waals surface area contributed by atoms with E-state index in [2.05, 4.69) is 11.8 Å². The van der Waals surface area contributed by atoms with E-state index in [-0.39, 0.29) is 11.8 Å². The largest absolute Gasteiger partial charge is 0.340 e. The minimum Gasteiger partial charge on any atom is -0.340 e. The van der Waals surface area contributed by atoms with Gasteiger partial charge in [0.15, 0.2) is 0 Å². The number of amides is 1. The van der Waals surface area contributed by atoms with Gasteiger partial charge in [-0.05, 0) is 6.92 Å². The van der Waals surface area contributed by atoms with Crippen molar-refractivity contribution < 1.29 is 4.79 Å². The predicted molar refractivity (Wildman–Crippen MR) is 61.5 cm³/mol. The topological polar surface area (TPSA) is 49.6 Å². The molecular weight excluding hydrogens is 190 g/mol. The Bertz CT molecular complexity index is 210. The Kier molecular flexibility index (Phi) is 4.54. The fourth-order valence-electron chi connectivity index (χ4n) is 1.90. The van der Waals surface area contributed by atoms with Crippen LogP contribution in [0.15, 0.2) is 0 Å². The smallest absolute Gasteiger partial charge is 0.225 e. The van der Waals surface area contributed by atoms with Crippen molar-refractivity contribution in [3.8, 4) is 0 Å². The van der Waals surface area contributed by atoms with E-state index in [1.165, 1.54) is 0 Å². The monoisotopic (exact) mass is 213 g/mol. The van der Waals surface area contributed by atoms with Crippen molar-refractivity contribution in [1.29, 1.82) is 0 Å². The average molecular weight is 213 g/mol. The molecule has 1 unspecified atom stereocenters. The fraction of sp³-hybridized carbons (Fsp3) is 0.909. The third-order valence-corrected chi connectivity index (χ3v) is 3.08. The summed E-state index contributed by atoms with van der Waals surface area (Å²) >= 11 is 0. The lowest BCUT2D eigenvalue weighted by Crippen LogP contribution is -2.53. The number of nitrogens with two attached hydrogens (primary N) is 1. The van der Waals surface area contributed by atoms with E-state index >= 15 is 0 Å². The van der Waals surface area contributed by atoms with Gasteiger partial charge in [-0.2, -0.15) is 0 Å². The maximum Gasteiger partial charge on any atom is 0.225 e. The summed E-state index contributed by atoms with van der Waals surface area (Å²) in [5.41, 5.74) is 5.62. The molecule has 0 spiro atoms. The van der Waals surface area contributed by atoms with Gasteiger partial charge in [0.1, 0.15) is 0 Å². The molecule has 0 saturated carbocycles. The number of hydrogen-bond acceptors (Lipinski definition) is 3. The summed E-state index contributed by atoms with van der Waals surface area (Å²) in [6.45, 7) is 10.4. The highest BCUT2D eigenvalue weighted by Crippen LogP contribution is 2.08. The Morgan fingerprint density at radius 1 is 1.20 bits per heavy atom. The number of carbonyl (C=O) groups is 1. The molecule has 0 aromatic rings. The second-order valence-corrected chi connectivity index (χ2v) is 4.60. The maximum absolute atomic E-state index is 11.7. The molecule has 1 aliphatic heterocycles. The zero-order chi connectivity index (χ0) is 11.4. The minimum atomic E-state index is 0.114. The van der Waals surface area contributed by atoms with Crippen LogP contribution in [-0.2, 0) is 4.79 Å². The van der Waals surface area contributed by atoms with Crippen LogP contribution in [0.1, 0.15) is 20.8 Å². The molecule has 4 nitrogen and oxygen atoms in total. The number of rotatable bonds is 3. The Morgan fingerprint density at radius 3 is 2.13 bits per heavy atom. The van der Waals surface area contributed by atoms with Crippen molar-refractivity contribution in [3.63, 3.8) is 0 Å². The number of carbonyl (C=O) groups excluding carboxylic acids is 1. The van der Waals surface area contributed by atoms with Gasteiger partial charge in [0, 0.05) is 44.7 Å². The Morgan fingerprint density at radius 2 is 1.73 bits per heavy atom. The molecule has 1 rings (SSSR count). The number of nitrogens with zero attached hydrogens (tertiary/aromatic N) is 2. The van der Waals surface area contributed by atoms with Crippen LogP contribution in [0.4, 0.5) is 0 Å². The van der Waals surface area contributed by atoms with Crippen molar-refractivity contribution in [2.24, 2.45) is 11.7 Å². The molecule has 0 aromatic heterocycles. The normalized spacial score (nSPS) is 20.7. The summed E-state index contributed by atoms with van der Waals surface area (Å²) < 4.78 is 0. The summed E-state index contributed by atoms with van der Waals surface area (Å²) in [4.78, 5) is 16.0. The third-order valence-electron chi connectivity index (χ3n) is 3.08. The molecule has 0 aliphatic carbocycles. The van der Waals surface area contributed by atoms with Crippen LogP contribution in [0.25, 0.3) is 0 Å². The lowest BCUT2D eigenvalue weighted by atomic mass is 10.1. The zero-order valence-electron chi connectivity index (χ0n) is 10.1. The first-order chi connectivity index (χ1) is 7.06. The van der Waals surface area contributed by atoms with E-state index in [4.69, 9.17) is 5.73 Å². The predicted octanol–water partition coefficient (Wildman–Crippen LogP) is 0.134. The highest BCUT2D eigenvalue weighted by molar-refractivity contribution is 5.78. The van der Waals surface area contributed by atoms with E-state index in [0.29, 0.717) is 12.6 Å². The van der Waals surface area contributed by atoms with E-state index in [0.717, 1.165) is 26.2 Å². The molecule has 15 heavy (non-hydrogen) atoms. The highest BCUT2D eigenvalue weighted by atomic mass is 16.2. The molecule has 1 atom stereocenters. The third kappa shape index (κ3) is 3.18. The van der Waals surface area contributed by atoms with Crippen LogP contribution >= 0.6 is 0 Å². The van der Waals surface area contributed by atoms with E-state index in [9.17, 15) is 4.79 Å². The fourth-order valence-corrected chi connectivity index (χ4v) is 1.90. The van der Waals surface area contributed by atoms with Gasteiger partial charge < -0.3 is 10.6 Å². The maximum atomic E-state index is 11.7. The van der Waals surface area contributed by atoms with Crippen LogP contribution in [0.2, 0.25) is 0 Å². The van der Waals surface area contributed by atoms with Crippen molar-refractivity contribution in [2.45, 2.75) is 26.8 Å². The van der Waals surface area contributed by atoms with Crippen molar-refractivity contribution in [2.75, 3.05) is 32.7 Å². The van der Waals surface area contributed by atoms with Crippen molar-refractivity contribution >= 4 is 5.91 Å². The van der Waals surface area contributed by atoms with Gasteiger partial charge in [-0.3, -0.25) is 9.69 Å². The Labute approximate surface area is 92.4 Å². The quantitative estimate of drug-likeness (QED) is 0.725. The number of hydrogen-bond donors (Lipinski definition) is 1. The summed E-state index contributed by atoms with van der Waals surface area (Å²) in [5.74, 6) is 0.388. The Hall–Kier alpha value is -0.610. The van der Waals surface area contributed by atoms with Crippen molar-refractivity contribution in [3.05, 3.63) is 0 Å². The van der Waals surface area contributed by atoms with E-state index in [1.807, 2.05) is 18.7 Å². The van der Waals surface area contributed by atoms with Gasteiger partial charge in [-0.1, -0.05) is 13.8 Å². The van der Waals surface area contributed by atoms with Crippen LogP contribution in [0.3, 0.4) is 0 Å². The van der Waals surface area contributed by atoms with Gasteiger partial charge in [-0.15, -0.1) is 0 Å². The van der Waals surface area contributed by atoms with Crippen LogP contribution in [-0.4, -0.2) is 54.5 Å². The summed E-state index contributed by atoms with van der Waals surface area (Å²) in [5, 5.41) is 0. The van der Waals surface area contributed by atoms with Crippen LogP contribution < -0.4 is 5.73 Å². The molecular formula is C11H23N3O. The molecule has 1 heterocycles. The average Bonchev–Trinajstić information content (AvgIpc) is 2.27. The van der Waals surface area contributed by atoms with Gasteiger partial charge in [0.05, 0.1) is 0 Å². The molecule has 1 aliphatic rings. The molecule has 88 valence electrons. The zero-order valence-corrected chi connectivity index (χ0v) is 10.1. The first-order valence-corrected chi connectivity index (χ1v) is 5.79. The number of piperazine rings is 1. The molecule has 1 saturated heterocycles. The van der Waals surface area contributed by atoms with Gasteiger partial charge >= 0.3 is 0 Å². The molecule has 0 aromatic carbocycles. The van der Waals surface area contributed by atoms with Gasteiger partial charge in [0.2, 0.25) is 5.91 Å². The molecule has 0 radical (unpaired) electrons. The van der Waals surface area contributed by atoms with Gasteiger partial charge in [0.25, 0.3) is 0 Å². The second-order valence-electron chi connectivity index (χ2n) is 4.60. The first kappa shape index (κ1) is 12.5. The van der Waals surface area contributed by atoms with Crippen LogP contribution in [0.5, 0.6) is 0 Å². The van der Waals surface area contributed by atoms with Gasteiger partial charge in [-0.25, -0.2) is 0 Å².